The van der Waals surface area contributed by atoms with Crippen LogP contribution in [0.2, 0.25) is 0 Å². The van der Waals surface area contributed by atoms with Crippen LogP contribution in [-0.2, 0) is 0 Å². The monoisotopic (exact) mass is 267 g/mol. The van der Waals surface area contributed by atoms with Crippen molar-refractivity contribution in [2.24, 2.45) is 0 Å². The summed E-state index contributed by atoms with van der Waals surface area (Å²) in [6.07, 6.45) is 3.58. The quantitative estimate of drug-likeness (QED) is 0.722. The highest BCUT2D eigenvalue weighted by molar-refractivity contribution is 5.55. The van der Waals surface area contributed by atoms with Gasteiger partial charge in [0, 0.05) is 17.8 Å². The molecule has 0 amide bonds. The molecular weight excluding hydrogens is 242 g/mol. The molecule has 0 saturated carbocycles. The van der Waals surface area contributed by atoms with Crippen LogP contribution in [0.5, 0.6) is 11.5 Å². The number of methoxy groups -OCH3 is 1. The van der Waals surface area contributed by atoms with Gasteiger partial charge in [-0.3, -0.25) is 0 Å². The van der Waals surface area contributed by atoms with Gasteiger partial charge in [-0.25, -0.2) is 0 Å². The third-order valence-corrected chi connectivity index (χ3v) is 2.92. The fraction of sp³-hybridized carbons (Fsp3) is 0.600. The van der Waals surface area contributed by atoms with Crippen molar-refractivity contribution in [2.45, 2.75) is 39.2 Å². The molecular formula is C15H25NO3. The molecule has 1 atom stereocenters. The molecule has 0 radical (unpaired) electrons. The topological polar surface area (TPSA) is 50.7 Å². The molecule has 0 bridgehead atoms. The van der Waals surface area contributed by atoms with Gasteiger partial charge in [0.1, 0.15) is 6.61 Å². The zero-order valence-corrected chi connectivity index (χ0v) is 12.1. The molecule has 1 unspecified atom stereocenters. The minimum absolute atomic E-state index is 0.00624. The van der Waals surface area contributed by atoms with Gasteiger partial charge in [-0.15, -0.1) is 0 Å². The fourth-order valence-electron chi connectivity index (χ4n) is 1.90. The van der Waals surface area contributed by atoms with Crippen LogP contribution in [0.1, 0.15) is 33.1 Å². The van der Waals surface area contributed by atoms with Crippen LogP contribution in [0.3, 0.4) is 0 Å². The smallest absolute Gasteiger partial charge is 0.163 e. The highest BCUT2D eigenvalue weighted by Gasteiger charge is 2.07. The van der Waals surface area contributed by atoms with Gasteiger partial charge in [0.05, 0.1) is 13.7 Å². The first-order valence-corrected chi connectivity index (χ1v) is 6.89. The maximum Gasteiger partial charge on any atom is 0.163 e. The van der Waals surface area contributed by atoms with Crippen molar-refractivity contribution in [3.8, 4) is 11.5 Å². The van der Waals surface area contributed by atoms with Gasteiger partial charge >= 0.3 is 0 Å². The van der Waals surface area contributed by atoms with Crippen LogP contribution in [0.4, 0.5) is 5.69 Å². The van der Waals surface area contributed by atoms with Crippen molar-refractivity contribution in [1.29, 1.82) is 0 Å². The molecule has 0 aliphatic heterocycles. The first-order chi connectivity index (χ1) is 9.21. The van der Waals surface area contributed by atoms with Gasteiger partial charge < -0.3 is 19.9 Å². The first-order valence-electron chi connectivity index (χ1n) is 6.89. The molecule has 1 rings (SSSR count). The van der Waals surface area contributed by atoms with E-state index in [-0.39, 0.29) is 13.2 Å². The van der Waals surface area contributed by atoms with Crippen LogP contribution in [0.15, 0.2) is 18.2 Å². The van der Waals surface area contributed by atoms with Gasteiger partial charge in [0.25, 0.3) is 0 Å². The average molecular weight is 267 g/mol. The van der Waals surface area contributed by atoms with Crippen molar-refractivity contribution < 1.29 is 14.6 Å². The molecule has 0 spiro atoms. The molecule has 0 fully saturated rings. The standard InChI is InChI=1S/C15H25NO3/c1-4-5-6-12(2)16-13-7-8-14(18-3)15(11-13)19-10-9-17/h7-8,11-12,16-17H,4-6,9-10H2,1-3H3. The van der Waals surface area contributed by atoms with Crippen molar-refractivity contribution in [1.82, 2.24) is 0 Å². The molecule has 1 aromatic carbocycles. The second-order valence-corrected chi connectivity index (χ2v) is 4.63. The molecule has 0 aromatic heterocycles. The van der Waals surface area contributed by atoms with E-state index in [4.69, 9.17) is 14.6 Å². The highest BCUT2D eigenvalue weighted by atomic mass is 16.5. The minimum atomic E-state index is -0.00624. The number of hydrogen-bond donors (Lipinski definition) is 2. The number of unbranched alkanes of at least 4 members (excludes halogenated alkanes) is 1. The lowest BCUT2D eigenvalue weighted by molar-refractivity contribution is 0.196. The van der Waals surface area contributed by atoms with Crippen molar-refractivity contribution >= 4 is 5.69 Å². The van der Waals surface area contributed by atoms with Crippen molar-refractivity contribution in [3.63, 3.8) is 0 Å². The summed E-state index contributed by atoms with van der Waals surface area (Å²) in [4.78, 5) is 0. The SMILES string of the molecule is CCCCC(C)Nc1ccc(OC)c(OCCO)c1. The van der Waals surface area contributed by atoms with Crippen LogP contribution in [-0.4, -0.2) is 31.5 Å². The lowest BCUT2D eigenvalue weighted by Gasteiger charge is -2.17. The Morgan fingerprint density at radius 2 is 2.11 bits per heavy atom. The lowest BCUT2D eigenvalue weighted by Crippen LogP contribution is -2.15. The van der Waals surface area contributed by atoms with Gasteiger partial charge in [-0.1, -0.05) is 19.8 Å². The Labute approximate surface area is 115 Å². The number of benzene rings is 1. The molecule has 2 N–H and O–H groups in total. The first kappa shape index (κ1) is 15.6. The highest BCUT2D eigenvalue weighted by Crippen LogP contribution is 2.30. The summed E-state index contributed by atoms with van der Waals surface area (Å²) in [5.41, 5.74) is 1.01. The lowest BCUT2D eigenvalue weighted by atomic mass is 10.1. The van der Waals surface area contributed by atoms with E-state index in [9.17, 15) is 0 Å². The summed E-state index contributed by atoms with van der Waals surface area (Å²) >= 11 is 0. The van der Waals surface area contributed by atoms with Gasteiger partial charge in [-0.05, 0) is 25.5 Å². The van der Waals surface area contributed by atoms with E-state index in [2.05, 4.69) is 19.2 Å². The summed E-state index contributed by atoms with van der Waals surface area (Å²) in [5.74, 6) is 1.34. The van der Waals surface area contributed by atoms with E-state index in [1.165, 1.54) is 12.8 Å². The predicted molar refractivity (Wildman–Crippen MR) is 78.2 cm³/mol. The van der Waals surface area contributed by atoms with Crippen LogP contribution in [0.25, 0.3) is 0 Å². The second-order valence-electron chi connectivity index (χ2n) is 4.63. The zero-order valence-electron chi connectivity index (χ0n) is 12.1. The average Bonchev–Trinajstić information content (AvgIpc) is 2.43. The maximum atomic E-state index is 8.82. The number of ether oxygens (including phenoxy) is 2. The van der Waals surface area contributed by atoms with Crippen LogP contribution in [0, 0.1) is 0 Å². The Morgan fingerprint density at radius 3 is 2.74 bits per heavy atom. The number of anilines is 1. The summed E-state index contributed by atoms with van der Waals surface area (Å²) in [5, 5.41) is 12.3. The zero-order chi connectivity index (χ0) is 14.1. The Balaban J connectivity index is 2.68. The van der Waals surface area contributed by atoms with Gasteiger partial charge in [0.15, 0.2) is 11.5 Å². The fourth-order valence-corrected chi connectivity index (χ4v) is 1.90. The molecule has 0 saturated heterocycles. The number of aliphatic hydroxyl groups is 1. The van der Waals surface area contributed by atoms with E-state index >= 15 is 0 Å². The van der Waals surface area contributed by atoms with E-state index in [1.807, 2.05) is 18.2 Å². The molecule has 19 heavy (non-hydrogen) atoms. The van der Waals surface area contributed by atoms with Crippen LogP contribution >= 0.6 is 0 Å². The van der Waals surface area contributed by atoms with E-state index in [0.29, 0.717) is 17.5 Å². The summed E-state index contributed by atoms with van der Waals surface area (Å²) in [6, 6.07) is 6.20. The predicted octanol–water partition coefficient (Wildman–Crippen LogP) is 3.06. The minimum Gasteiger partial charge on any atom is -0.493 e. The molecule has 0 aliphatic carbocycles. The third kappa shape index (κ3) is 5.39. The second kappa shape index (κ2) is 8.64. The summed E-state index contributed by atoms with van der Waals surface area (Å²) < 4.78 is 10.7. The van der Waals surface area contributed by atoms with Crippen molar-refractivity contribution in [2.75, 3.05) is 25.6 Å². The molecule has 4 heteroatoms. The Morgan fingerprint density at radius 1 is 1.32 bits per heavy atom. The number of aliphatic hydroxyl groups excluding tert-OH is 1. The molecule has 108 valence electrons. The van der Waals surface area contributed by atoms with E-state index < -0.39 is 0 Å². The number of hydrogen-bond acceptors (Lipinski definition) is 4. The summed E-state index contributed by atoms with van der Waals surface area (Å²) in [7, 11) is 1.61. The largest absolute Gasteiger partial charge is 0.493 e. The molecule has 1 aromatic rings. The third-order valence-electron chi connectivity index (χ3n) is 2.92. The molecule has 4 nitrogen and oxygen atoms in total. The Hall–Kier alpha value is -1.42. The molecule has 0 heterocycles. The number of nitrogens with one attached hydrogen (secondary N) is 1. The maximum absolute atomic E-state index is 8.82. The van der Waals surface area contributed by atoms with Crippen LogP contribution < -0.4 is 14.8 Å². The number of rotatable bonds is 9. The normalized spacial score (nSPS) is 12.0. The Kier molecular flexibility index (Phi) is 7.11. The van der Waals surface area contributed by atoms with Gasteiger partial charge in [0.2, 0.25) is 0 Å². The van der Waals surface area contributed by atoms with Crippen molar-refractivity contribution in [3.05, 3.63) is 18.2 Å². The van der Waals surface area contributed by atoms with E-state index in [1.54, 1.807) is 7.11 Å². The van der Waals surface area contributed by atoms with E-state index in [0.717, 1.165) is 12.1 Å². The Bertz CT molecular complexity index is 368. The molecule has 0 aliphatic rings. The van der Waals surface area contributed by atoms with Gasteiger partial charge in [-0.2, -0.15) is 0 Å². The summed E-state index contributed by atoms with van der Waals surface area (Å²) in [6.45, 7) is 4.63.